The van der Waals surface area contributed by atoms with Crippen molar-refractivity contribution < 1.29 is 22.7 Å². The van der Waals surface area contributed by atoms with E-state index >= 15 is 0 Å². The lowest BCUT2D eigenvalue weighted by Gasteiger charge is -2.13. The molecule has 1 aromatic heterocycles. The minimum absolute atomic E-state index is 0.0345. The van der Waals surface area contributed by atoms with Crippen LogP contribution in [0, 0.1) is 0 Å². The van der Waals surface area contributed by atoms with Crippen molar-refractivity contribution in [1.29, 1.82) is 0 Å². The summed E-state index contributed by atoms with van der Waals surface area (Å²) in [6, 6.07) is 20.5. The molecule has 0 aliphatic heterocycles. The maximum absolute atomic E-state index is 12.9. The Morgan fingerprint density at radius 1 is 0.909 bits per heavy atom. The quantitative estimate of drug-likeness (QED) is 0.345. The summed E-state index contributed by atoms with van der Waals surface area (Å²) in [5.74, 6) is 0.614. The molecule has 33 heavy (non-hydrogen) atoms. The van der Waals surface area contributed by atoms with Crippen molar-refractivity contribution in [2.24, 2.45) is 0 Å². The molecule has 2 amide bonds. The van der Waals surface area contributed by atoms with E-state index in [0.717, 1.165) is 23.4 Å². The zero-order valence-corrected chi connectivity index (χ0v) is 17.6. The first-order chi connectivity index (χ1) is 15.8. The summed E-state index contributed by atoms with van der Waals surface area (Å²) < 4.78 is 44.5. The third-order valence-electron chi connectivity index (χ3n) is 4.85. The highest BCUT2D eigenvalue weighted by Crippen LogP contribution is 2.33. The average molecular weight is 451 g/mol. The van der Waals surface area contributed by atoms with Gasteiger partial charge in [-0.1, -0.05) is 36.4 Å². The monoisotopic (exact) mass is 451 g/mol. The fourth-order valence-electron chi connectivity index (χ4n) is 3.37. The van der Waals surface area contributed by atoms with Gasteiger partial charge in [0.15, 0.2) is 0 Å². The summed E-state index contributed by atoms with van der Waals surface area (Å²) >= 11 is 0. The van der Waals surface area contributed by atoms with Crippen LogP contribution in [-0.2, 0) is 6.18 Å². The summed E-state index contributed by atoms with van der Waals surface area (Å²) in [5.41, 5.74) is 2.03. The number of nitrogens with zero attached hydrogens (tertiary/aromatic N) is 1. The minimum Gasteiger partial charge on any atom is -0.493 e. The molecule has 168 valence electrons. The van der Waals surface area contributed by atoms with Crippen molar-refractivity contribution in [3.05, 3.63) is 84.4 Å². The summed E-state index contributed by atoms with van der Waals surface area (Å²) in [5, 5.41) is 5.77. The van der Waals surface area contributed by atoms with E-state index in [4.69, 9.17) is 9.72 Å². The largest absolute Gasteiger partial charge is 0.493 e. The highest BCUT2D eigenvalue weighted by atomic mass is 19.4. The van der Waals surface area contributed by atoms with E-state index in [0.29, 0.717) is 28.9 Å². The number of alkyl halides is 3. The molecule has 0 aliphatic carbocycles. The van der Waals surface area contributed by atoms with Crippen molar-refractivity contribution in [1.82, 2.24) is 4.98 Å². The van der Waals surface area contributed by atoms with Gasteiger partial charge >= 0.3 is 12.2 Å². The molecule has 0 radical (unpaired) electrons. The van der Waals surface area contributed by atoms with Gasteiger partial charge in [-0.15, -0.1) is 0 Å². The van der Waals surface area contributed by atoms with Crippen LogP contribution in [-0.4, -0.2) is 17.6 Å². The lowest BCUT2D eigenvalue weighted by molar-refractivity contribution is -0.137. The van der Waals surface area contributed by atoms with Crippen LogP contribution in [0.3, 0.4) is 0 Å². The first-order valence-corrected chi connectivity index (χ1v) is 10.2. The van der Waals surface area contributed by atoms with Crippen LogP contribution in [0.4, 0.5) is 29.3 Å². The van der Waals surface area contributed by atoms with Gasteiger partial charge < -0.3 is 15.4 Å². The maximum atomic E-state index is 12.9. The second kappa shape index (κ2) is 9.20. The van der Waals surface area contributed by atoms with Crippen LogP contribution >= 0.6 is 0 Å². The fraction of sp³-hybridized carbons (Fsp3) is 0.120. The Hall–Kier alpha value is -4.07. The molecule has 8 heteroatoms. The predicted molar refractivity (Wildman–Crippen MR) is 122 cm³/mol. The number of hydrogen-bond donors (Lipinski definition) is 2. The van der Waals surface area contributed by atoms with Gasteiger partial charge in [0.1, 0.15) is 5.75 Å². The number of aromatic nitrogens is 1. The molecular weight excluding hydrogens is 431 g/mol. The van der Waals surface area contributed by atoms with Crippen LogP contribution in [0.1, 0.15) is 12.5 Å². The maximum Gasteiger partial charge on any atom is 0.416 e. The lowest BCUT2D eigenvalue weighted by atomic mass is 10.1. The van der Waals surface area contributed by atoms with Gasteiger partial charge in [-0.25, -0.2) is 9.78 Å². The van der Waals surface area contributed by atoms with Crippen LogP contribution in [0.15, 0.2) is 78.9 Å². The Bertz CT molecular complexity index is 1290. The highest BCUT2D eigenvalue weighted by molar-refractivity contribution is 6.01. The zero-order valence-electron chi connectivity index (χ0n) is 17.6. The summed E-state index contributed by atoms with van der Waals surface area (Å²) in [6.45, 7) is 2.32. The first kappa shape index (κ1) is 22.1. The molecule has 1 heterocycles. The standard InChI is InChI=1S/C25H20F3N3O2/c1-2-33-23-15-22(16-7-4-3-5-8-16)31-21-12-11-19(14-20(21)23)30-24(32)29-18-10-6-9-17(13-18)25(26,27)28/h3-15H,2H2,1H3,(H2,29,30,32). The second-order valence-electron chi connectivity index (χ2n) is 7.19. The molecule has 3 aromatic carbocycles. The summed E-state index contributed by atoms with van der Waals surface area (Å²) in [6.07, 6.45) is -4.49. The number of pyridine rings is 1. The number of hydrogen-bond acceptors (Lipinski definition) is 3. The van der Waals surface area contributed by atoms with E-state index in [1.165, 1.54) is 12.1 Å². The molecule has 0 unspecified atom stereocenters. The molecule has 0 aliphatic rings. The number of benzene rings is 3. The number of carbonyl (C=O) groups is 1. The molecular formula is C25H20F3N3O2. The Kier molecular flexibility index (Phi) is 6.17. The molecule has 5 nitrogen and oxygen atoms in total. The van der Waals surface area contributed by atoms with Gasteiger partial charge in [0.05, 0.1) is 23.4 Å². The SMILES string of the molecule is CCOc1cc(-c2ccccc2)nc2ccc(NC(=O)Nc3cccc(C(F)(F)F)c3)cc12. The van der Waals surface area contributed by atoms with Crippen LogP contribution < -0.4 is 15.4 Å². The number of carbonyl (C=O) groups excluding carboxylic acids is 1. The highest BCUT2D eigenvalue weighted by Gasteiger charge is 2.30. The van der Waals surface area contributed by atoms with Crippen LogP contribution in [0.2, 0.25) is 0 Å². The van der Waals surface area contributed by atoms with Crippen molar-refractivity contribution in [3.8, 4) is 17.0 Å². The molecule has 0 saturated heterocycles. The number of nitrogens with one attached hydrogen (secondary N) is 2. The summed E-state index contributed by atoms with van der Waals surface area (Å²) in [7, 11) is 0. The Labute approximate surface area is 188 Å². The van der Waals surface area contributed by atoms with Gasteiger partial charge in [-0.2, -0.15) is 13.2 Å². The van der Waals surface area contributed by atoms with Gasteiger partial charge in [0.2, 0.25) is 0 Å². The Balaban J connectivity index is 1.59. The molecule has 4 aromatic rings. The molecule has 0 spiro atoms. The second-order valence-corrected chi connectivity index (χ2v) is 7.19. The third-order valence-corrected chi connectivity index (χ3v) is 4.85. The van der Waals surface area contributed by atoms with E-state index < -0.39 is 17.8 Å². The Morgan fingerprint density at radius 3 is 2.33 bits per heavy atom. The van der Waals surface area contributed by atoms with Crippen molar-refractivity contribution in [3.63, 3.8) is 0 Å². The zero-order chi connectivity index (χ0) is 23.4. The topological polar surface area (TPSA) is 63.2 Å². The van der Waals surface area contributed by atoms with Gasteiger partial charge in [-0.05, 0) is 43.3 Å². The molecule has 0 bridgehead atoms. The van der Waals surface area contributed by atoms with E-state index in [9.17, 15) is 18.0 Å². The third kappa shape index (κ3) is 5.23. The normalized spacial score (nSPS) is 11.3. The first-order valence-electron chi connectivity index (χ1n) is 10.2. The molecule has 4 rings (SSSR count). The van der Waals surface area contributed by atoms with E-state index in [1.54, 1.807) is 18.2 Å². The van der Waals surface area contributed by atoms with Gasteiger partial charge in [0, 0.05) is 28.4 Å². The molecule has 0 saturated carbocycles. The number of amides is 2. The molecule has 0 fully saturated rings. The van der Waals surface area contributed by atoms with Crippen molar-refractivity contribution in [2.45, 2.75) is 13.1 Å². The van der Waals surface area contributed by atoms with E-state index in [-0.39, 0.29) is 5.69 Å². The molecule has 0 atom stereocenters. The van der Waals surface area contributed by atoms with Crippen molar-refractivity contribution >= 4 is 28.3 Å². The average Bonchev–Trinajstić information content (AvgIpc) is 2.79. The van der Waals surface area contributed by atoms with Gasteiger partial charge in [0.25, 0.3) is 0 Å². The number of rotatable bonds is 5. The number of halogens is 3. The molecule has 2 N–H and O–H groups in total. The number of ether oxygens (including phenoxy) is 1. The van der Waals surface area contributed by atoms with Gasteiger partial charge in [-0.3, -0.25) is 0 Å². The minimum atomic E-state index is -4.49. The number of fused-ring (bicyclic) bond motifs is 1. The van der Waals surface area contributed by atoms with Crippen LogP contribution in [0.25, 0.3) is 22.2 Å². The lowest BCUT2D eigenvalue weighted by Crippen LogP contribution is -2.19. The van der Waals surface area contributed by atoms with E-state index in [1.807, 2.05) is 43.3 Å². The van der Waals surface area contributed by atoms with E-state index in [2.05, 4.69) is 10.6 Å². The number of anilines is 2. The summed E-state index contributed by atoms with van der Waals surface area (Å²) in [4.78, 5) is 17.1. The fourth-order valence-corrected chi connectivity index (χ4v) is 3.37. The number of urea groups is 1. The van der Waals surface area contributed by atoms with Crippen molar-refractivity contribution in [2.75, 3.05) is 17.2 Å². The predicted octanol–water partition coefficient (Wildman–Crippen LogP) is 6.96. The smallest absolute Gasteiger partial charge is 0.416 e. The van der Waals surface area contributed by atoms with Crippen LogP contribution in [0.5, 0.6) is 5.75 Å². The Morgan fingerprint density at radius 2 is 1.64 bits per heavy atom.